The molecular weight excluding hydrogens is 171 g/mol. The molecular formula is C11H13BN2. The van der Waals surface area contributed by atoms with Gasteiger partial charge < -0.3 is 0 Å². The Balaban J connectivity index is 0.000000980. The molecule has 70 valence electrons. The molecule has 1 aliphatic heterocycles. The van der Waals surface area contributed by atoms with Crippen molar-refractivity contribution in [3.63, 3.8) is 0 Å². The van der Waals surface area contributed by atoms with Crippen molar-refractivity contribution >= 4 is 14.1 Å². The Bertz CT molecular complexity index is 380. The number of aliphatic imine (C=N–C) groups is 1. The molecule has 0 saturated carbocycles. The second kappa shape index (κ2) is 4.56. The molecule has 2 rings (SSSR count). The summed E-state index contributed by atoms with van der Waals surface area (Å²) in [4.78, 5) is 8.48. The van der Waals surface area contributed by atoms with Gasteiger partial charge in [0.15, 0.2) is 0 Å². The summed E-state index contributed by atoms with van der Waals surface area (Å²) in [5.41, 5.74) is 2.83. The lowest BCUT2D eigenvalue weighted by molar-refractivity contribution is 1.21. The van der Waals surface area contributed by atoms with Crippen LogP contribution in [0.2, 0.25) is 0 Å². The fraction of sp³-hybridized carbons (Fsp3) is 0.0909. The lowest BCUT2D eigenvalue weighted by Crippen LogP contribution is -2.07. The summed E-state index contributed by atoms with van der Waals surface area (Å²) < 4.78 is 0. The van der Waals surface area contributed by atoms with Gasteiger partial charge in [0.1, 0.15) is 0 Å². The monoisotopic (exact) mass is 184 g/mol. The van der Waals surface area contributed by atoms with Gasteiger partial charge in [-0.15, -0.1) is 0 Å². The lowest BCUT2D eigenvalue weighted by Gasteiger charge is -2.09. The highest BCUT2D eigenvalue weighted by Crippen LogP contribution is 2.13. The molecule has 0 saturated heterocycles. The van der Waals surface area contributed by atoms with Crippen LogP contribution in [0.5, 0.6) is 0 Å². The Labute approximate surface area is 85.7 Å². The average molecular weight is 184 g/mol. The van der Waals surface area contributed by atoms with E-state index in [1.54, 1.807) is 12.4 Å². The standard InChI is InChI=1S/C11H10N2.BH3/c1-9-5-4-8-13-11(9)10-6-2-3-7-12-10;/h2-4,6-8H,1,5H2;1H3. The molecule has 0 fully saturated rings. The molecule has 1 aromatic rings. The topological polar surface area (TPSA) is 25.2 Å². The van der Waals surface area contributed by atoms with E-state index in [-0.39, 0.29) is 8.41 Å². The second-order valence-corrected chi connectivity index (χ2v) is 2.89. The fourth-order valence-corrected chi connectivity index (χ4v) is 1.26. The summed E-state index contributed by atoms with van der Waals surface area (Å²) in [6.45, 7) is 3.95. The zero-order valence-electron chi connectivity index (χ0n) is 7.27. The van der Waals surface area contributed by atoms with Crippen LogP contribution in [0.1, 0.15) is 12.1 Å². The summed E-state index contributed by atoms with van der Waals surface area (Å²) in [6.07, 6.45) is 6.44. The lowest BCUT2D eigenvalue weighted by atomic mass is 10.0. The Morgan fingerprint density at radius 2 is 2.14 bits per heavy atom. The van der Waals surface area contributed by atoms with Crippen molar-refractivity contribution in [1.82, 2.24) is 4.98 Å². The maximum Gasteiger partial charge on any atom is 0.0915 e. The molecule has 1 aliphatic rings. The normalized spacial score (nSPS) is 14.6. The number of aromatic nitrogens is 1. The van der Waals surface area contributed by atoms with E-state index in [1.807, 2.05) is 24.3 Å². The highest BCUT2D eigenvalue weighted by Gasteiger charge is 2.09. The third-order valence-electron chi connectivity index (χ3n) is 1.92. The number of pyridine rings is 1. The van der Waals surface area contributed by atoms with Gasteiger partial charge in [0, 0.05) is 12.4 Å². The predicted octanol–water partition coefficient (Wildman–Crippen LogP) is 1.16. The van der Waals surface area contributed by atoms with Crippen LogP contribution in [-0.2, 0) is 0 Å². The van der Waals surface area contributed by atoms with Gasteiger partial charge in [-0.2, -0.15) is 0 Å². The molecule has 14 heavy (non-hydrogen) atoms. The van der Waals surface area contributed by atoms with Crippen LogP contribution >= 0.6 is 0 Å². The van der Waals surface area contributed by atoms with Crippen molar-refractivity contribution in [1.29, 1.82) is 0 Å². The molecule has 0 aliphatic carbocycles. The van der Waals surface area contributed by atoms with Crippen LogP contribution in [0.3, 0.4) is 0 Å². The molecule has 0 unspecified atom stereocenters. The minimum Gasteiger partial charge on any atom is -0.255 e. The third-order valence-corrected chi connectivity index (χ3v) is 1.92. The smallest absolute Gasteiger partial charge is 0.0915 e. The fourth-order valence-electron chi connectivity index (χ4n) is 1.26. The summed E-state index contributed by atoms with van der Waals surface area (Å²) in [5.74, 6) is 0. The summed E-state index contributed by atoms with van der Waals surface area (Å²) >= 11 is 0. The molecule has 0 radical (unpaired) electrons. The molecule has 0 aromatic carbocycles. The van der Waals surface area contributed by atoms with Crippen LogP contribution in [0.15, 0.2) is 53.8 Å². The third kappa shape index (κ3) is 1.99. The molecule has 0 atom stereocenters. The quantitative estimate of drug-likeness (QED) is 0.601. The predicted molar refractivity (Wildman–Crippen MR) is 63.6 cm³/mol. The van der Waals surface area contributed by atoms with Gasteiger partial charge in [0.05, 0.1) is 19.8 Å². The van der Waals surface area contributed by atoms with Crippen LogP contribution in [0, 0.1) is 0 Å². The first-order valence-corrected chi connectivity index (χ1v) is 4.20. The molecule has 0 N–H and O–H groups in total. The van der Waals surface area contributed by atoms with Crippen molar-refractivity contribution in [2.45, 2.75) is 6.42 Å². The average Bonchev–Trinajstić information content (AvgIpc) is 2.20. The van der Waals surface area contributed by atoms with Gasteiger partial charge in [0.25, 0.3) is 0 Å². The Hall–Kier alpha value is -1.64. The zero-order chi connectivity index (χ0) is 9.10. The molecule has 2 heterocycles. The van der Waals surface area contributed by atoms with Crippen molar-refractivity contribution in [2.75, 3.05) is 0 Å². The Morgan fingerprint density at radius 3 is 2.79 bits per heavy atom. The van der Waals surface area contributed by atoms with Crippen LogP contribution < -0.4 is 0 Å². The number of nitrogens with zero attached hydrogens (tertiary/aromatic N) is 2. The number of hydrogen-bond donors (Lipinski definition) is 0. The van der Waals surface area contributed by atoms with Crippen molar-refractivity contribution in [3.8, 4) is 0 Å². The highest BCUT2D eigenvalue weighted by atomic mass is 14.8. The van der Waals surface area contributed by atoms with E-state index in [0.717, 1.165) is 23.4 Å². The Kier molecular flexibility index (Phi) is 3.40. The van der Waals surface area contributed by atoms with E-state index < -0.39 is 0 Å². The maximum absolute atomic E-state index is 4.25. The summed E-state index contributed by atoms with van der Waals surface area (Å²) in [7, 11) is 0. The van der Waals surface area contributed by atoms with E-state index in [1.165, 1.54) is 0 Å². The first-order chi connectivity index (χ1) is 6.38. The van der Waals surface area contributed by atoms with Gasteiger partial charge in [-0.05, 0) is 24.1 Å². The minimum absolute atomic E-state index is 0. The highest BCUT2D eigenvalue weighted by molar-refractivity contribution is 6.11. The largest absolute Gasteiger partial charge is 0.255 e. The van der Waals surface area contributed by atoms with E-state index in [0.29, 0.717) is 0 Å². The Morgan fingerprint density at radius 1 is 1.29 bits per heavy atom. The molecule has 3 heteroatoms. The minimum atomic E-state index is 0. The van der Waals surface area contributed by atoms with E-state index in [4.69, 9.17) is 0 Å². The number of hydrogen-bond acceptors (Lipinski definition) is 2. The van der Waals surface area contributed by atoms with E-state index in [9.17, 15) is 0 Å². The number of allylic oxidation sites excluding steroid dienone is 2. The molecule has 0 amide bonds. The molecule has 0 bridgehead atoms. The van der Waals surface area contributed by atoms with Gasteiger partial charge in [0.2, 0.25) is 0 Å². The van der Waals surface area contributed by atoms with Crippen molar-refractivity contribution in [3.05, 3.63) is 54.5 Å². The SMILES string of the molecule is B.C=C1CC=CN=C1c1ccccn1. The van der Waals surface area contributed by atoms with Crippen LogP contribution in [-0.4, -0.2) is 19.1 Å². The van der Waals surface area contributed by atoms with Gasteiger partial charge in [-0.3, -0.25) is 9.98 Å². The van der Waals surface area contributed by atoms with Gasteiger partial charge >= 0.3 is 0 Å². The van der Waals surface area contributed by atoms with Crippen molar-refractivity contribution < 1.29 is 0 Å². The molecule has 2 nitrogen and oxygen atoms in total. The zero-order valence-corrected chi connectivity index (χ0v) is 7.27. The van der Waals surface area contributed by atoms with Crippen molar-refractivity contribution in [2.24, 2.45) is 4.99 Å². The second-order valence-electron chi connectivity index (χ2n) is 2.89. The first-order valence-electron chi connectivity index (χ1n) is 4.20. The first kappa shape index (κ1) is 10.4. The summed E-state index contributed by atoms with van der Waals surface area (Å²) in [5, 5.41) is 0. The van der Waals surface area contributed by atoms with Gasteiger partial charge in [-0.25, -0.2) is 0 Å². The number of rotatable bonds is 1. The van der Waals surface area contributed by atoms with E-state index >= 15 is 0 Å². The van der Waals surface area contributed by atoms with E-state index in [2.05, 4.69) is 16.6 Å². The van der Waals surface area contributed by atoms with Crippen LogP contribution in [0.4, 0.5) is 0 Å². The van der Waals surface area contributed by atoms with Gasteiger partial charge in [-0.1, -0.05) is 18.7 Å². The molecule has 1 aromatic heterocycles. The molecule has 0 spiro atoms. The van der Waals surface area contributed by atoms with Crippen LogP contribution in [0.25, 0.3) is 0 Å². The summed E-state index contributed by atoms with van der Waals surface area (Å²) in [6, 6.07) is 5.80. The maximum atomic E-state index is 4.25.